The SMILES string of the molecule is Nc1nc(NC2CC2)cc(-c2cccc(O)c2CCCCCNC(=O)/C=C/c2cccnc2)n1. The van der Waals surface area contributed by atoms with Crippen LogP contribution < -0.4 is 16.4 Å². The first kappa shape index (κ1) is 23.2. The second-order valence-corrected chi connectivity index (χ2v) is 8.44. The first-order chi connectivity index (χ1) is 16.6. The molecule has 5 N–H and O–H groups in total. The second kappa shape index (κ2) is 11.3. The van der Waals surface area contributed by atoms with Gasteiger partial charge in [-0.1, -0.05) is 24.6 Å². The Morgan fingerprint density at radius 1 is 1.15 bits per heavy atom. The summed E-state index contributed by atoms with van der Waals surface area (Å²) < 4.78 is 0. The summed E-state index contributed by atoms with van der Waals surface area (Å²) in [5.41, 5.74) is 9.25. The van der Waals surface area contributed by atoms with Crippen LogP contribution in [0.5, 0.6) is 5.75 Å². The number of rotatable bonds is 11. The van der Waals surface area contributed by atoms with Crippen molar-refractivity contribution in [1.82, 2.24) is 20.3 Å². The van der Waals surface area contributed by atoms with Crippen molar-refractivity contribution in [2.75, 3.05) is 17.6 Å². The van der Waals surface area contributed by atoms with Crippen LogP contribution in [0, 0.1) is 0 Å². The number of carbonyl (C=O) groups excluding carboxylic acids is 1. The van der Waals surface area contributed by atoms with Crippen molar-refractivity contribution in [3.05, 3.63) is 66.0 Å². The molecule has 1 aliphatic rings. The highest BCUT2D eigenvalue weighted by molar-refractivity contribution is 5.91. The number of amides is 1. The number of phenolic OH excluding ortho intramolecular Hbond substituents is 1. The Morgan fingerprint density at radius 2 is 2.03 bits per heavy atom. The Hall–Kier alpha value is -3.94. The third kappa shape index (κ3) is 6.78. The number of pyridine rings is 1. The van der Waals surface area contributed by atoms with E-state index in [0.29, 0.717) is 30.5 Å². The molecule has 0 spiro atoms. The Bertz CT molecular complexity index is 1150. The molecule has 4 rings (SSSR count). The molecule has 0 aliphatic heterocycles. The first-order valence-corrected chi connectivity index (χ1v) is 11.7. The van der Waals surface area contributed by atoms with Crippen LogP contribution in [-0.4, -0.2) is 38.6 Å². The summed E-state index contributed by atoms with van der Waals surface area (Å²) in [5, 5.41) is 16.8. The van der Waals surface area contributed by atoms with E-state index in [1.54, 1.807) is 24.5 Å². The molecule has 1 fully saturated rings. The Kier molecular flexibility index (Phi) is 7.70. The number of benzene rings is 1. The predicted octanol–water partition coefficient (Wildman–Crippen LogP) is 3.94. The zero-order valence-corrected chi connectivity index (χ0v) is 19.1. The summed E-state index contributed by atoms with van der Waals surface area (Å²) in [4.78, 5) is 24.7. The zero-order chi connectivity index (χ0) is 23.8. The van der Waals surface area contributed by atoms with Crippen LogP contribution >= 0.6 is 0 Å². The van der Waals surface area contributed by atoms with Crippen LogP contribution in [0.15, 0.2) is 54.9 Å². The van der Waals surface area contributed by atoms with Gasteiger partial charge in [-0.15, -0.1) is 0 Å². The Labute approximate surface area is 199 Å². The number of carbonyl (C=O) groups is 1. The summed E-state index contributed by atoms with van der Waals surface area (Å²) in [6.45, 7) is 0.600. The normalized spacial score (nSPS) is 13.2. The van der Waals surface area contributed by atoms with Gasteiger partial charge in [-0.25, -0.2) is 4.98 Å². The van der Waals surface area contributed by atoms with E-state index in [9.17, 15) is 9.90 Å². The lowest BCUT2D eigenvalue weighted by Crippen LogP contribution is -2.22. The van der Waals surface area contributed by atoms with E-state index >= 15 is 0 Å². The Morgan fingerprint density at radius 3 is 2.82 bits per heavy atom. The standard InChI is InChI=1S/C26H30N6O2/c27-26-31-22(16-24(32-26)30-19-11-12-19)20-8-4-9-23(33)21(20)7-2-1-3-15-29-25(34)13-10-18-6-5-14-28-17-18/h4-6,8-10,13-14,16-17,19,33H,1-3,7,11-12,15H2,(H,29,34)(H3,27,30,31,32)/b13-10+. The molecule has 1 amide bonds. The van der Waals surface area contributed by atoms with Crippen molar-refractivity contribution in [3.8, 4) is 17.0 Å². The summed E-state index contributed by atoms with van der Waals surface area (Å²) in [5.74, 6) is 1.06. The number of nitrogens with one attached hydrogen (secondary N) is 2. The maximum Gasteiger partial charge on any atom is 0.243 e. The number of nitrogens with two attached hydrogens (primary N) is 1. The van der Waals surface area contributed by atoms with Gasteiger partial charge in [0.15, 0.2) is 0 Å². The van der Waals surface area contributed by atoms with Crippen molar-refractivity contribution < 1.29 is 9.90 Å². The summed E-state index contributed by atoms with van der Waals surface area (Å²) >= 11 is 0. The fraction of sp³-hybridized carbons (Fsp3) is 0.308. The molecular weight excluding hydrogens is 428 g/mol. The number of aromatic nitrogens is 3. The molecule has 176 valence electrons. The lowest BCUT2D eigenvalue weighted by molar-refractivity contribution is -0.116. The number of hydrogen-bond donors (Lipinski definition) is 4. The second-order valence-electron chi connectivity index (χ2n) is 8.44. The molecule has 2 heterocycles. The molecular formula is C26H30N6O2. The predicted molar refractivity (Wildman–Crippen MR) is 134 cm³/mol. The monoisotopic (exact) mass is 458 g/mol. The molecule has 34 heavy (non-hydrogen) atoms. The average molecular weight is 459 g/mol. The minimum absolute atomic E-state index is 0.121. The quantitative estimate of drug-likeness (QED) is 0.253. The Balaban J connectivity index is 1.28. The highest BCUT2D eigenvalue weighted by atomic mass is 16.3. The van der Waals surface area contributed by atoms with Crippen molar-refractivity contribution in [1.29, 1.82) is 0 Å². The smallest absolute Gasteiger partial charge is 0.243 e. The molecule has 3 aromatic rings. The van der Waals surface area contributed by atoms with E-state index in [4.69, 9.17) is 5.73 Å². The van der Waals surface area contributed by atoms with Gasteiger partial charge in [-0.3, -0.25) is 9.78 Å². The fourth-order valence-corrected chi connectivity index (χ4v) is 3.71. The van der Waals surface area contributed by atoms with Gasteiger partial charge in [-0.2, -0.15) is 4.98 Å². The molecule has 0 unspecified atom stereocenters. The van der Waals surface area contributed by atoms with Gasteiger partial charge in [0.25, 0.3) is 0 Å². The van der Waals surface area contributed by atoms with E-state index < -0.39 is 0 Å². The molecule has 0 bridgehead atoms. The average Bonchev–Trinajstić information content (AvgIpc) is 3.65. The van der Waals surface area contributed by atoms with Crippen molar-refractivity contribution in [3.63, 3.8) is 0 Å². The number of hydrogen-bond acceptors (Lipinski definition) is 7. The van der Waals surface area contributed by atoms with E-state index in [-0.39, 0.29) is 17.6 Å². The van der Waals surface area contributed by atoms with Crippen LogP contribution in [0.3, 0.4) is 0 Å². The molecule has 0 saturated heterocycles. The topological polar surface area (TPSA) is 126 Å². The van der Waals surface area contributed by atoms with E-state index in [0.717, 1.165) is 48.8 Å². The van der Waals surface area contributed by atoms with Gasteiger partial charge in [-0.05, 0) is 55.9 Å². The summed E-state index contributed by atoms with van der Waals surface area (Å²) in [7, 11) is 0. The molecule has 2 aromatic heterocycles. The highest BCUT2D eigenvalue weighted by Crippen LogP contribution is 2.32. The van der Waals surface area contributed by atoms with Crippen molar-refractivity contribution >= 4 is 23.7 Å². The number of unbranched alkanes of at least 4 members (excludes halogenated alkanes) is 2. The van der Waals surface area contributed by atoms with Gasteiger partial charge in [0.1, 0.15) is 11.6 Å². The number of aromatic hydroxyl groups is 1. The third-order valence-corrected chi connectivity index (χ3v) is 5.61. The molecule has 1 saturated carbocycles. The molecule has 0 atom stereocenters. The minimum Gasteiger partial charge on any atom is -0.508 e. The van der Waals surface area contributed by atoms with Crippen LogP contribution in [0.4, 0.5) is 11.8 Å². The third-order valence-electron chi connectivity index (χ3n) is 5.61. The van der Waals surface area contributed by atoms with Gasteiger partial charge < -0.3 is 21.5 Å². The van der Waals surface area contributed by atoms with Gasteiger partial charge in [0.05, 0.1) is 5.69 Å². The van der Waals surface area contributed by atoms with Gasteiger partial charge >= 0.3 is 0 Å². The van der Waals surface area contributed by atoms with Crippen molar-refractivity contribution in [2.45, 2.75) is 44.6 Å². The van der Waals surface area contributed by atoms with Crippen LogP contribution in [0.2, 0.25) is 0 Å². The number of nitrogen functional groups attached to an aromatic ring is 1. The maximum absolute atomic E-state index is 12.0. The molecule has 1 aliphatic carbocycles. The number of anilines is 2. The fourth-order valence-electron chi connectivity index (χ4n) is 3.71. The van der Waals surface area contributed by atoms with Crippen LogP contribution in [0.25, 0.3) is 17.3 Å². The zero-order valence-electron chi connectivity index (χ0n) is 19.1. The van der Waals surface area contributed by atoms with Gasteiger partial charge in [0, 0.05) is 48.2 Å². The molecule has 8 heteroatoms. The highest BCUT2D eigenvalue weighted by Gasteiger charge is 2.22. The van der Waals surface area contributed by atoms with Gasteiger partial charge in [0.2, 0.25) is 11.9 Å². The first-order valence-electron chi connectivity index (χ1n) is 11.7. The minimum atomic E-state index is -0.121. The van der Waals surface area contributed by atoms with Crippen LogP contribution in [0.1, 0.15) is 43.2 Å². The summed E-state index contributed by atoms with van der Waals surface area (Å²) in [6.07, 6.45) is 12.3. The van der Waals surface area contributed by atoms with Crippen LogP contribution in [-0.2, 0) is 11.2 Å². The summed E-state index contributed by atoms with van der Waals surface area (Å²) in [6, 6.07) is 11.5. The molecule has 0 radical (unpaired) electrons. The maximum atomic E-state index is 12.0. The molecule has 8 nitrogen and oxygen atoms in total. The van der Waals surface area contributed by atoms with Crippen molar-refractivity contribution in [2.24, 2.45) is 0 Å². The molecule has 1 aromatic carbocycles. The number of nitrogens with zero attached hydrogens (tertiary/aromatic N) is 3. The largest absolute Gasteiger partial charge is 0.508 e. The van der Waals surface area contributed by atoms with E-state index in [2.05, 4.69) is 25.6 Å². The number of phenols is 1. The van der Waals surface area contributed by atoms with E-state index in [1.807, 2.05) is 30.3 Å². The lowest BCUT2D eigenvalue weighted by Gasteiger charge is -2.13. The lowest BCUT2D eigenvalue weighted by atomic mass is 9.97. The van der Waals surface area contributed by atoms with E-state index in [1.165, 1.54) is 6.08 Å².